The predicted molar refractivity (Wildman–Crippen MR) is 129 cm³/mol. The lowest BCUT2D eigenvalue weighted by Gasteiger charge is -2.31. The van der Waals surface area contributed by atoms with E-state index in [1.54, 1.807) is 22.6 Å². The van der Waals surface area contributed by atoms with Crippen LogP contribution < -0.4 is 11.2 Å². The lowest BCUT2D eigenvalue weighted by atomic mass is 10.1. The molecule has 0 spiro atoms. The summed E-state index contributed by atoms with van der Waals surface area (Å²) in [5, 5.41) is 0.0653. The first-order valence-corrected chi connectivity index (χ1v) is 12.5. The van der Waals surface area contributed by atoms with Crippen molar-refractivity contribution >= 4 is 33.4 Å². The number of hydrogen-bond donors (Lipinski definition) is 0. The maximum Gasteiger partial charge on any atom is 0.390 e. The van der Waals surface area contributed by atoms with Crippen LogP contribution >= 0.6 is 11.3 Å². The first-order chi connectivity index (χ1) is 17.5. The smallest absolute Gasteiger partial charge is 0.390 e. The maximum absolute atomic E-state index is 13.4. The number of imidazole rings is 1. The molecule has 1 saturated heterocycles. The van der Waals surface area contributed by atoms with Gasteiger partial charge in [-0.15, -0.1) is 11.3 Å². The van der Waals surface area contributed by atoms with E-state index in [4.69, 9.17) is 4.74 Å². The highest BCUT2D eigenvalue weighted by Gasteiger charge is 2.31. The average molecular weight is 542 g/mol. The average Bonchev–Trinajstić information content (AvgIpc) is 3.46. The Labute approximate surface area is 212 Å². The van der Waals surface area contributed by atoms with Crippen molar-refractivity contribution < 1.29 is 27.5 Å². The lowest BCUT2D eigenvalue weighted by Crippen LogP contribution is -2.41. The Morgan fingerprint density at radius 3 is 2.43 bits per heavy atom. The molecule has 37 heavy (non-hydrogen) atoms. The molecular formula is C23H26F3N5O5S. The number of aromatic nitrogens is 4. The van der Waals surface area contributed by atoms with Crippen LogP contribution in [0.4, 0.5) is 13.2 Å². The van der Waals surface area contributed by atoms with Crippen molar-refractivity contribution in [2.75, 3.05) is 13.1 Å². The summed E-state index contributed by atoms with van der Waals surface area (Å²) in [6, 6.07) is 0. The number of ether oxygens (including phenoxy) is 1. The van der Waals surface area contributed by atoms with Gasteiger partial charge < -0.3 is 14.2 Å². The zero-order valence-corrected chi connectivity index (χ0v) is 21.1. The van der Waals surface area contributed by atoms with Crippen molar-refractivity contribution in [2.24, 2.45) is 0 Å². The van der Waals surface area contributed by atoms with Crippen LogP contribution in [-0.4, -0.2) is 60.8 Å². The number of alkyl halides is 3. The quantitative estimate of drug-likeness (QED) is 0.426. The van der Waals surface area contributed by atoms with Crippen molar-refractivity contribution in [3.63, 3.8) is 0 Å². The second kappa shape index (κ2) is 10.5. The van der Waals surface area contributed by atoms with Gasteiger partial charge in [-0.05, 0) is 12.5 Å². The number of carbonyl (C=O) groups is 2. The van der Waals surface area contributed by atoms with Gasteiger partial charge in [-0.3, -0.25) is 23.5 Å². The number of nitrogens with zero attached hydrogens (tertiary/aromatic N) is 5. The van der Waals surface area contributed by atoms with Crippen molar-refractivity contribution in [3.8, 4) is 0 Å². The number of thiophene rings is 1. The number of carbonyl (C=O) groups excluding carboxylic acids is 2. The van der Waals surface area contributed by atoms with E-state index in [1.807, 2.05) is 0 Å². The van der Waals surface area contributed by atoms with Gasteiger partial charge >= 0.3 is 17.8 Å². The molecule has 1 amide bonds. The van der Waals surface area contributed by atoms with Crippen LogP contribution in [0, 0.1) is 6.92 Å². The van der Waals surface area contributed by atoms with E-state index < -0.39 is 36.4 Å². The molecule has 0 atom stereocenters. The Morgan fingerprint density at radius 1 is 1.14 bits per heavy atom. The van der Waals surface area contributed by atoms with E-state index in [2.05, 4.69) is 4.98 Å². The number of aryl methyl sites for hydroxylation is 3. The highest BCUT2D eigenvalue weighted by atomic mass is 32.1. The summed E-state index contributed by atoms with van der Waals surface area (Å²) < 4.78 is 47.9. The standard InChI is InChI=1S/C23H26F3N5O5S/c1-14-17-19(33)30(12-11-28-10-6-27-13-28)22(35)31(9-5-23(24,25)26)21(17)37-18(14)20(34)29-7-3-16(4-8-29)36-15(2)32/h6,10,13,16H,3-5,7-9,11-12H2,1-2H3. The molecule has 0 unspecified atom stereocenters. The number of rotatable bonds is 7. The van der Waals surface area contributed by atoms with E-state index >= 15 is 0 Å². The molecule has 200 valence electrons. The molecule has 1 fully saturated rings. The van der Waals surface area contributed by atoms with Crippen LogP contribution in [0.2, 0.25) is 0 Å². The van der Waals surface area contributed by atoms with Crippen molar-refractivity contribution in [1.82, 2.24) is 23.6 Å². The summed E-state index contributed by atoms with van der Waals surface area (Å²) in [5.41, 5.74) is -1.18. The van der Waals surface area contributed by atoms with Crippen LogP contribution in [0.5, 0.6) is 0 Å². The third-order valence-corrected chi connectivity index (χ3v) is 7.61. The number of hydrogen-bond acceptors (Lipinski definition) is 7. The fourth-order valence-corrected chi connectivity index (χ4v) is 5.71. The fraction of sp³-hybridized carbons (Fsp3) is 0.522. The topological polar surface area (TPSA) is 108 Å². The van der Waals surface area contributed by atoms with Gasteiger partial charge in [0.25, 0.3) is 11.5 Å². The van der Waals surface area contributed by atoms with Gasteiger partial charge in [-0.1, -0.05) is 0 Å². The van der Waals surface area contributed by atoms with E-state index in [0.29, 0.717) is 31.5 Å². The SMILES string of the molecule is CC(=O)OC1CCN(C(=O)c2sc3c(c2C)c(=O)n(CCn2ccnc2)c(=O)n3CCC(F)(F)F)CC1. The number of likely N-dealkylation sites (tertiary alicyclic amines) is 1. The van der Waals surface area contributed by atoms with E-state index in [1.165, 1.54) is 19.4 Å². The third kappa shape index (κ3) is 5.78. The number of esters is 1. The first-order valence-electron chi connectivity index (χ1n) is 11.7. The van der Waals surface area contributed by atoms with E-state index in [9.17, 15) is 32.3 Å². The van der Waals surface area contributed by atoms with Gasteiger partial charge in [0.15, 0.2) is 0 Å². The largest absolute Gasteiger partial charge is 0.462 e. The molecule has 3 aromatic rings. The number of fused-ring (bicyclic) bond motifs is 1. The van der Waals surface area contributed by atoms with Crippen molar-refractivity contribution in [2.45, 2.75) is 65.0 Å². The summed E-state index contributed by atoms with van der Waals surface area (Å²) in [6.07, 6.45) is -0.485. The third-order valence-electron chi connectivity index (χ3n) is 6.31. The normalized spacial score (nSPS) is 14.9. The maximum atomic E-state index is 13.4. The second-order valence-corrected chi connectivity index (χ2v) is 9.89. The molecule has 14 heteroatoms. The summed E-state index contributed by atoms with van der Waals surface area (Å²) >= 11 is 0.858. The minimum absolute atomic E-state index is 0.0498. The highest BCUT2D eigenvalue weighted by Crippen LogP contribution is 2.31. The molecule has 0 saturated carbocycles. The van der Waals surface area contributed by atoms with Gasteiger partial charge in [-0.25, -0.2) is 9.78 Å². The van der Waals surface area contributed by atoms with Gasteiger partial charge in [0.05, 0.1) is 23.0 Å². The number of halogens is 3. The molecule has 0 bridgehead atoms. The van der Waals surface area contributed by atoms with E-state index in [-0.39, 0.29) is 40.2 Å². The van der Waals surface area contributed by atoms with Crippen LogP contribution in [0.3, 0.4) is 0 Å². The molecule has 10 nitrogen and oxygen atoms in total. The van der Waals surface area contributed by atoms with Gasteiger partial charge in [0.2, 0.25) is 0 Å². The Kier molecular flexibility index (Phi) is 7.57. The predicted octanol–water partition coefficient (Wildman–Crippen LogP) is 2.55. The van der Waals surface area contributed by atoms with Crippen LogP contribution in [0.25, 0.3) is 10.2 Å². The van der Waals surface area contributed by atoms with Crippen molar-refractivity contribution in [3.05, 3.63) is 50.0 Å². The molecule has 0 N–H and O–H groups in total. The molecular weight excluding hydrogens is 515 g/mol. The fourth-order valence-electron chi connectivity index (χ4n) is 4.42. The van der Waals surface area contributed by atoms with E-state index in [0.717, 1.165) is 20.5 Å². The summed E-state index contributed by atoms with van der Waals surface area (Å²) in [6.45, 7) is 2.99. The number of amides is 1. The Bertz CT molecular complexity index is 1420. The molecule has 0 radical (unpaired) electrons. The van der Waals surface area contributed by atoms with Crippen LogP contribution in [0.1, 0.15) is 41.4 Å². The van der Waals surface area contributed by atoms with Gasteiger partial charge in [0.1, 0.15) is 10.9 Å². The van der Waals surface area contributed by atoms with Gasteiger partial charge in [-0.2, -0.15) is 13.2 Å². The van der Waals surface area contributed by atoms with Gasteiger partial charge in [0, 0.05) is 64.9 Å². The molecule has 4 rings (SSSR count). The monoisotopic (exact) mass is 541 g/mol. The summed E-state index contributed by atoms with van der Waals surface area (Å²) in [4.78, 5) is 56.9. The molecule has 1 aliphatic heterocycles. The lowest BCUT2D eigenvalue weighted by molar-refractivity contribution is -0.148. The second-order valence-electron chi connectivity index (χ2n) is 8.89. The molecule has 4 heterocycles. The number of piperidine rings is 1. The minimum Gasteiger partial charge on any atom is -0.462 e. The van der Waals surface area contributed by atoms with Crippen LogP contribution in [-0.2, 0) is 29.2 Å². The molecule has 0 aromatic carbocycles. The summed E-state index contributed by atoms with van der Waals surface area (Å²) in [5.74, 6) is -0.773. The minimum atomic E-state index is -4.51. The summed E-state index contributed by atoms with van der Waals surface area (Å²) in [7, 11) is 0. The Balaban J connectivity index is 1.72. The zero-order chi connectivity index (χ0) is 26.9. The highest BCUT2D eigenvalue weighted by molar-refractivity contribution is 7.20. The van der Waals surface area contributed by atoms with Crippen LogP contribution in [0.15, 0.2) is 28.3 Å². The molecule has 1 aliphatic rings. The molecule has 0 aliphatic carbocycles. The Morgan fingerprint density at radius 2 is 1.84 bits per heavy atom. The zero-order valence-electron chi connectivity index (χ0n) is 20.3. The molecule has 3 aromatic heterocycles. The Hall–Kier alpha value is -3.42. The first kappa shape index (κ1) is 26.6. The van der Waals surface area contributed by atoms with Crippen molar-refractivity contribution in [1.29, 1.82) is 0 Å².